The number of nitrogens with zero attached hydrogens (tertiary/aromatic N) is 3. The fourth-order valence-corrected chi connectivity index (χ4v) is 2.29. The van der Waals surface area contributed by atoms with E-state index < -0.39 is 0 Å². The molecule has 0 amide bonds. The van der Waals surface area contributed by atoms with Crippen LogP contribution in [0.2, 0.25) is 0 Å². The molecule has 16 heavy (non-hydrogen) atoms. The molecule has 80 valence electrons. The van der Waals surface area contributed by atoms with Crippen LogP contribution in [0.1, 0.15) is 0 Å². The maximum absolute atomic E-state index is 5.04. The van der Waals surface area contributed by atoms with Crippen LogP contribution in [0, 0.1) is 0 Å². The monoisotopic (exact) mass is 231 g/mol. The van der Waals surface area contributed by atoms with Gasteiger partial charge in [-0.15, -0.1) is 11.3 Å². The first-order chi connectivity index (χ1) is 7.83. The second-order valence-electron chi connectivity index (χ2n) is 3.45. The van der Waals surface area contributed by atoms with Crippen LogP contribution in [0.25, 0.3) is 21.8 Å². The van der Waals surface area contributed by atoms with Crippen molar-refractivity contribution in [2.45, 2.75) is 0 Å². The Morgan fingerprint density at radius 3 is 3.00 bits per heavy atom. The molecule has 0 bridgehead atoms. The lowest BCUT2D eigenvalue weighted by molar-refractivity contribution is 0.568. The third-order valence-electron chi connectivity index (χ3n) is 2.27. The van der Waals surface area contributed by atoms with Crippen molar-refractivity contribution in [1.82, 2.24) is 14.8 Å². The Morgan fingerprint density at radius 2 is 2.31 bits per heavy atom. The molecular formula is C11H9N3OS. The van der Waals surface area contributed by atoms with E-state index in [4.69, 9.17) is 4.42 Å². The largest absolute Gasteiger partial charge is 0.472 e. The third-order valence-corrected chi connectivity index (χ3v) is 3.16. The highest BCUT2D eigenvalue weighted by Gasteiger charge is 2.08. The lowest BCUT2D eigenvalue weighted by atomic mass is 10.3. The molecule has 0 spiro atoms. The van der Waals surface area contributed by atoms with Gasteiger partial charge in [0.2, 0.25) is 0 Å². The highest BCUT2D eigenvalue weighted by Crippen LogP contribution is 2.28. The number of aromatic nitrogens is 3. The molecule has 0 saturated carbocycles. The standard InChI is InChI=1S/C11H9N3OS/c1-14-5-9(4-12-14)10-7-16-11(13-10)8-2-3-15-6-8/h2-7H,1H3. The first-order valence-electron chi connectivity index (χ1n) is 4.80. The van der Waals surface area contributed by atoms with Gasteiger partial charge in [-0.05, 0) is 6.07 Å². The summed E-state index contributed by atoms with van der Waals surface area (Å²) in [5.74, 6) is 0. The van der Waals surface area contributed by atoms with E-state index in [1.165, 1.54) is 0 Å². The summed E-state index contributed by atoms with van der Waals surface area (Å²) in [7, 11) is 1.90. The molecule has 0 saturated heterocycles. The zero-order valence-corrected chi connectivity index (χ0v) is 9.44. The van der Waals surface area contributed by atoms with Crippen molar-refractivity contribution in [2.24, 2.45) is 7.05 Å². The molecule has 3 aromatic rings. The zero-order chi connectivity index (χ0) is 11.0. The molecule has 0 aliphatic rings. The highest BCUT2D eigenvalue weighted by atomic mass is 32.1. The third kappa shape index (κ3) is 1.55. The van der Waals surface area contributed by atoms with Gasteiger partial charge in [0.05, 0.1) is 18.2 Å². The Bertz CT molecular complexity index is 594. The van der Waals surface area contributed by atoms with Crippen LogP contribution >= 0.6 is 11.3 Å². The first kappa shape index (κ1) is 9.35. The van der Waals surface area contributed by atoms with Crippen molar-refractivity contribution in [1.29, 1.82) is 0 Å². The maximum Gasteiger partial charge on any atom is 0.127 e. The molecule has 4 nitrogen and oxygen atoms in total. The molecule has 0 N–H and O–H groups in total. The lowest BCUT2D eigenvalue weighted by Crippen LogP contribution is -1.84. The number of hydrogen-bond donors (Lipinski definition) is 0. The summed E-state index contributed by atoms with van der Waals surface area (Å²) in [6.07, 6.45) is 7.12. The number of hydrogen-bond acceptors (Lipinski definition) is 4. The van der Waals surface area contributed by atoms with Gasteiger partial charge in [0.25, 0.3) is 0 Å². The molecule has 5 heteroatoms. The minimum Gasteiger partial charge on any atom is -0.472 e. The topological polar surface area (TPSA) is 43.9 Å². The van der Waals surface area contributed by atoms with Gasteiger partial charge in [0, 0.05) is 29.8 Å². The van der Waals surface area contributed by atoms with Crippen molar-refractivity contribution in [2.75, 3.05) is 0 Å². The van der Waals surface area contributed by atoms with Crippen molar-refractivity contribution in [3.63, 3.8) is 0 Å². The van der Waals surface area contributed by atoms with Crippen molar-refractivity contribution >= 4 is 11.3 Å². The molecule has 0 unspecified atom stereocenters. The van der Waals surface area contributed by atoms with E-state index in [-0.39, 0.29) is 0 Å². The van der Waals surface area contributed by atoms with Crippen molar-refractivity contribution in [3.8, 4) is 21.8 Å². The predicted molar refractivity (Wildman–Crippen MR) is 62.0 cm³/mol. The lowest BCUT2D eigenvalue weighted by Gasteiger charge is -1.88. The Labute approximate surface area is 96.2 Å². The minimum atomic E-state index is 0.953. The molecule has 0 aromatic carbocycles. The summed E-state index contributed by atoms with van der Waals surface area (Å²) >= 11 is 1.60. The van der Waals surface area contributed by atoms with Crippen LogP contribution in [0.4, 0.5) is 0 Å². The van der Waals surface area contributed by atoms with E-state index in [1.807, 2.05) is 30.9 Å². The summed E-state index contributed by atoms with van der Waals surface area (Å²) in [5.41, 5.74) is 3.00. The molecule has 3 heterocycles. The normalized spacial score (nSPS) is 10.8. The summed E-state index contributed by atoms with van der Waals surface area (Å²) in [6, 6.07) is 1.91. The second kappa shape index (κ2) is 3.61. The van der Waals surface area contributed by atoms with E-state index in [1.54, 1.807) is 28.5 Å². The zero-order valence-electron chi connectivity index (χ0n) is 8.62. The fraction of sp³-hybridized carbons (Fsp3) is 0.0909. The van der Waals surface area contributed by atoms with Gasteiger partial charge in [-0.1, -0.05) is 0 Å². The molecule has 3 aromatic heterocycles. The van der Waals surface area contributed by atoms with Crippen LogP contribution in [0.15, 0.2) is 40.8 Å². The molecule has 0 radical (unpaired) electrons. The van der Waals surface area contributed by atoms with Gasteiger partial charge >= 0.3 is 0 Å². The molecule has 0 atom stereocenters. The summed E-state index contributed by atoms with van der Waals surface area (Å²) in [6.45, 7) is 0. The van der Waals surface area contributed by atoms with Gasteiger partial charge in [0.1, 0.15) is 11.3 Å². The first-order valence-corrected chi connectivity index (χ1v) is 5.68. The second-order valence-corrected chi connectivity index (χ2v) is 4.31. The Morgan fingerprint density at radius 1 is 1.38 bits per heavy atom. The fourth-order valence-electron chi connectivity index (χ4n) is 1.48. The highest BCUT2D eigenvalue weighted by molar-refractivity contribution is 7.13. The molecule has 0 fully saturated rings. The Hall–Kier alpha value is -1.88. The summed E-state index contributed by atoms with van der Waals surface area (Å²) in [4.78, 5) is 4.54. The Balaban J connectivity index is 2.00. The minimum absolute atomic E-state index is 0.953. The molecule has 0 aliphatic heterocycles. The van der Waals surface area contributed by atoms with Crippen LogP contribution in [-0.4, -0.2) is 14.8 Å². The number of thiazole rings is 1. The van der Waals surface area contributed by atoms with Crippen LogP contribution < -0.4 is 0 Å². The van der Waals surface area contributed by atoms with Crippen LogP contribution in [0.5, 0.6) is 0 Å². The van der Waals surface area contributed by atoms with E-state index in [0.29, 0.717) is 0 Å². The van der Waals surface area contributed by atoms with Gasteiger partial charge < -0.3 is 4.42 Å². The Kier molecular flexibility index (Phi) is 2.11. The van der Waals surface area contributed by atoms with Crippen molar-refractivity contribution in [3.05, 3.63) is 36.4 Å². The van der Waals surface area contributed by atoms with Gasteiger partial charge in [0.15, 0.2) is 0 Å². The average Bonchev–Trinajstić information content (AvgIpc) is 2.97. The van der Waals surface area contributed by atoms with Gasteiger partial charge in [-0.25, -0.2) is 4.98 Å². The van der Waals surface area contributed by atoms with E-state index in [2.05, 4.69) is 10.1 Å². The molecule has 0 aliphatic carbocycles. The van der Waals surface area contributed by atoms with Crippen LogP contribution in [0.3, 0.4) is 0 Å². The number of rotatable bonds is 2. The number of furan rings is 1. The van der Waals surface area contributed by atoms with Crippen LogP contribution in [-0.2, 0) is 7.05 Å². The smallest absolute Gasteiger partial charge is 0.127 e. The van der Waals surface area contributed by atoms with E-state index in [0.717, 1.165) is 21.8 Å². The quantitative estimate of drug-likeness (QED) is 0.681. The summed E-state index contributed by atoms with van der Waals surface area (Å²) < 4.78 is 6.81. The average molecular weight is 231 g/mol. The molecule has 3 rings (SSSR count). The SMILES string of the molecule is Cn1cc(-c2csc(-c3ccoc3)n2)cn1. The van der Waals surface area contributed by atoms with E-state index in [9.17, 15) is 0 Å². The van der Waals surface area contributed by atoms with Crippen molar-refractivity contribution < 1.29 is 4.42 Å². The maximum atomic E-state index is 5.04. The molecular weight excluding hydrogens is 222 g/mol. The van der Waals surface area contributed by atoms with Gasteiger partial charge in [-0.3, -0.25) is 4.68 Å². The van der Waals surface area contributed by atoms with E-state index >= 15 is 0 Å². The van der Waals surface area contributed by atoms with Gasteiger partial charge in [-0.2, -0.15) is 5.10 Å². The predicted octanol–water partition coefficient (Wildman–Crippen LogP) is 2.80. The number of aryl methyl sites for hydroxylation is 1. The summed E-state index contributed by atoms with van der Waals surface area (Å²) in [5, 5.41) is 7.12.